The summed E-state index contributed by atoms with van der Waals surface area (Å²) in [7, 11) is -4.13. The van der Waals surface area contributed by atoms with Crippen LogP contribution in [-0.4, -0.2) is 84.1 Å². The highest BCUT2D eigenvalue weighted by Gasteiger charge is 2.50. The minimum Gasteiger partial charge on any atom is -0.434 e. The number of carbonyl (C=O) groups is 3. The Labute approximate surface area is 412 Å². The van der Waals surface area contributed by atoms with Crippen molar-refractivity contribution in [2.45, 2.75) is 190 Å². The van der Waals surface area contributed by atoms with Gasteiger partial charge in [0.15, 0.2) is 9.84 Å². The molecule has 15 heteroatoms. The van der Waals surface area contributed by atoms with Crippen LogP contribution in [0, 0.1) is 17.6 Å². The lowest BCUT2D eigenvalue weighted by molar-refractivity contribution is -0.121. The standard InChI is InChI=1S/C53H83ClF2N2O9S/c1-3-5-7-9-13-19-39-64-51(60)66-41-21-17-37-58(38-18-22-42-67-52(61)65-40-20-14-10-8-6-4-2)36-16-12-11-15-35-57-50(59)30-23-44-31-33-53(34-32-44,48-43-46(55)26-29-49(48)56)68(62,63)47-27-24-45(54)25-28-47/h24-29,43-44H,3-23,30-42H2,1-2H3,(H,57,59). The Hall–Kier alpha value is -3.49. The van der Waals surface area contributed by atoms with Crippen molar-refractivity contribution in [2.24, 2.45) is 5.92 Å². The second-order valence-electron chi connectivity index (χ2n) is 18.5. The third-order valence-corrected chi connectivity index (χ3v) is 15.9. The number of nitrogens with zero attached hydrogens (tertiary/aromatic N) is 1. The molecule has 1 aliphatic carbocycles. The zero-order valence-corrected chi connectivity index (χ0v) is 42.9. The van der Waals surface area contributed by atoms with E-state index in [9.17, 15) is 27.2 Å². The summed E-state index contributed by atoms with van der Waals surface area (Å²) in [5.74, 6) is -1.44. The lowest BCUT2D eigenvalue weighted by Crippen LogP contribution is -2.41. The molecular formula is C53H83ClF2N2O9S. The Morgan fingerprint density at radius 1 is 0.647 bits per heavy atom. The average Bonchev–Trinajstić information content (AvgIpc) is 3.33. The zero-order chi connectivity index (χ0) is 49.3. The Morgan fingerprint density at radius 2 is 1.10 bits per heavy atom. The quantitative estimate of drug-likeness (QED) is 0.0514. The van der Waals surface area contributed by atoms with E-state index in [4.69, 9.17) is 30.5 Å². The van der Waals surface area contributed by atoms with Crippen molar-refractivity contribution < 1.29 is 50.5 Å². The van der Waals surface area contributed by atoms with E-state index in [0.717, 1.165) is 128 Å². The molecular weight excluding hydrogens is 914 g/mol. The van der Waals surface area contributed by atoms with Crippen molar-refractivity contribution >= 4 is 39.7 Å². The third kappa shape index (κ3) is 23.0. The molecule has 1 amide bonds. The summed E-state index contributed by atoms with van der Waals surface area (Å²) in [6.07, 6.45) is 21.3. The number of unbranched alkanes of at least 4 members (excludes halogenated alkanes) is 15. The summed E-state index contributed by atoms with van der Waals surface area (Å²) >= 11 is 6.03. The Balaban J connectivity index is 1.35. The van der Waals surface area contributed by atoms with Crippen LogP contribution < -0.4 is 5.32 Å². The first-order chi connectivity index (χ1) is 32.9. The second kappa shape index (κ2) is 34.7. The van der Waals surface area contributed by atoms with Gasteiger partial charge in [-0.15, -0.1) is 0 Å². The summed E-state index contributed by atoms with van der Waals surface area (Å²) in [6, 6.07) is 8.74. The third-order valence-electron chi connectivity index (χ3n) is 13.1. The molecule has 0 atom stereocenters. The number of amides is 1. The molecule has 1 saturated carbocycles. The summed E-state index contributed by atoms with van der Waals surface area (Å²) in [4.78, 5) is 39.3. The number of benzene rings is 2. The molecule has 1 fully saturated rings. The van der Waals surface area contributed by atoms with Crippen molar-refractivity contribution in [3.8, 4) is 0 Å². The number of carbonyl (C=O) groups excluding carboxylic acids is 3. The molecule has 0 saturated heterocycles. The molecule has 1 N–H and O–H groups in total. The first-order valence-electron chi connectivity index (χ1n) is 26.0. The molecule has 2 aromatic carbocycles. The summed E-state index contributed by atoms with van der Waals surface area (Å²) in [5, 5.41) is 3.40. The number of halogens is 3. The van der Waals surface area contributed by atoms with Crippen molar-refractivity contribution in [1.29, 1.82) is 0 Å². The molecule has 0 heterocycles. The summed E-state index contributed by atoms with van der Waals surface area (Å²) in [6.45, 7) is 8.98. The molecule has 0 spiro atoms. The van der Waals surface area contributed by atoms with E-state index in [1.54, 1.807) is 0 Å². The van der Waals surface area contributed by atoms with Gasteiger partial charge in [0.1, 0.15) is 16.4 Å². The molecule has 0 bridgehead atoms. The van der Waals surface area contributed by atoms with Crippen LogP contribution in [0.3, 0.4) is 0 Å². The average molecular weight is 998 g/mol. The van der Waals surface area contributed by atoms with E-state index < -0.39 is 38.5 Å². The van der Waals surface area contributed by atoms with Gasteiger partial charge < -0.3 is 29.2 Å². The molecule has 68 heavy (non-hydrogen) atoms. The summed E-state index contributed by atoms with van der Waals surface area (Å²) in [5.41, 5.74) is -0.157. The highest BCUT2D eigenvalue weighted by Crippen LogP contribution is 2.50. The lowest BCUT2D eigenvalue weighted by Gasteiger charge is -2.40. The van der Waals surface area contributed by atoms with Gasteiger partial charge in [-0.2, -0.15) is 0 Å². The Kier molecular flexibility index (Phi) is 30.1. The molecule has 2 aromatic rings. The first kappa shape index (κ1) is 58.8. The van der Waals surface area contributed by atoms with Gasteiger partial charge in [-0.3, -0.25) is 4.79 Å². The summed E-state index contributed by atoms with van der Waals surface area (Å²) < 4.78 is 77.4. The van der Waals surface area contributed by atoms with Crippen LogP contribution in [0.1, 0.15) is 186 Å². The van der Waals surface area contributed by atoms with Crippen LogP contribution in [0.5, 0.6) is 0 Å². The van der Waals surface area contributed by atoms with E-state index in [-0.39, 0.29) is 35.1 Å². The number of sulfone groups is 1. The van der Waals surface area contributed by atoms with Crippen molar-refractivity contribution in [3.05, 3.63) is 64.7 Å². The smallest absolute Gasteiger partial charge is 0.434 e. The lowest BCUT2D eigenvalue weighted by atomic mass is 9.76. The first-order valence-corrected chi connectivity index (χ1v) is 27.8. The van der Waals surface area contributed by atoms with E-state index in [0.29, 0.717) is 63.7 Å². The van der Waals surface area contributed by atoms with E-state index in [1.807, 2.05) is 0 Å². The topological polar surface area (TPSA) is 138 Å². The number of rotatable bonds is 37. The Bertz CT molecular complexity index is 1770. The minimum atomic E-state index is -4.13. The van der Waals surface area contributed by atoms with E-state index in [2.05, 4.69) is 24.1 Å². The predicted molar refractivity (Wildman–Crippen MR) is 266 cm³/mol. The fourth-order valence-corrected chi connectivity index (χ4v) is 11.2. The highest BCUT2D eigenvalue weighted by atomic mass is 35.5. The van der Waals surface area contributed by atoms with E-state index in [1.165, 1.54) is 62.8 Å². The molecule has 1 aliphatic rings. The monoisotopic (exact) mass is 997 g/mol. The van der Waals surface area contributed by atoms with Gasteiger partial charge in [0.25, 0.3) is 0 Å². The van der Waals surface area contributed by atoms with Crippen molar-refractivity contribution in [2.75, 3.05) is 52.6 Å². The van der Waals surface area contributed by atoms with Gasteiger partial charge in [0, 0.05) is 23.6 Å². The SMILES string of the molecule is CCCCCCCCOC(=O)OCCCCN(CCCCCCNC(=O)CCC1CCC(c2cc(F)ccc2F)(S(=O)(=O)c2ccc(Cl)cc2)CC1)CCCCOC(=O)OCCCCCCCC. The molecule has 386 valence electrons. The van der Waals surface area contributed by atoms with Gasteiger partial charge >= 0.3 is 12.3 Å². The molecule has 0 unspecified atom stereocenters. The van der Waals surface area contributed by atoms with Crippen LogP contribution in [0.25, 0.3) is 0 Å². The van der Waals surface area contributed by atoms with E-state index >= 15 is 4.39 Å². The van der Waals surface area contributed by atoms with Crippen LogP contribution in [-0.2, 0) is 38.3 Å². The molecule has 3 rings (SSSR count). The highest BCUT2D eigenvalue weighted by molar-refractivity contribution is 7.92. The maximum atomic E-state index is 15.3. The predicted octanol–water partition coefficient (Wildman–Crippen LogP) is 13.8. The Morgan fingerprint density at radius 3 is 1.63 bits per heavy atom. The maximum Gasteiger partial charge on any atom is 0.508 e. The molecule has 0 radical (unpaired) electrons. The zero-order valence-electron chi connectivity index (χ0n) is 41.3. The van der Waals surface area contributed by atoms with Crippen LogP contribution in [0.4, 0.5) is 18.4 Å². The molecule has 11 nitrogen and oxygen atoms in total. The number of nitrogens with one attached hydrogen (secondary N) is 1. The van der Waals surface area contributed by atoms with Gasteiger partial charge in [-0.05, 0) is 151 Å². The number of ether oxygens (including phenoxy) is 4. The number of hydrogen-bond donors (Lipinski definition) is 1. The largest absolute Gasteiger partial charge is 0.508 e. The second-order valence-corrected chi connectivity index (χ2v) is 21.2. The van der Waals surface area contributed by atoms with Gasteiger partial charge in [0.05, 0.1) is 31.3 Å². The number of hydrogen-bond acceptors (Lipinski definition) is 10. The van der Waals surface area contributed by atoms with Gasteiger partial charge in [0.2, 0.25) is 5.91 Å². The van der Waals surface area contributed by atoms with Crippen LogP contribution in [0.15, 0.2) is 47.4 Å². The normalized spacial score (nSPS) is 16.1. The van der Waals surface area contributed by atoms with Crippen LogP contribution >= 0.6 is 11.6 Å². The fraction of sp³-hybridized carbons (Fsp3) is 0.717. The van der Waals surface area contributed by atoms with Gasteiger partial charge in [-0.1, -0.05) is 102 Å². The fourth-order valence-electron chi connectivity index (χ4n) is 8.95. The van der Waals surface area contributed by atoms with Crippen molar-refractivity contribution in [1.82, 2.24) is 10.2 Å². The molecule has 0 aromatic heterocycles. The molecule has 0 aliphatic heterocycles. The van der Waals surface area contributed by atoms with Crippen LogP contribution in [0.2, 0.25) is 5.02 Å². The van der Waals surface area contributed by atoms with Crippen molar-refractivity contribution in [3.63, 3.8) is 0 Å². The van der Waals surface area contributed by atoms with Gasteiger partial charge in [-0.25, -0.2) is 26.8 Å². The maximum absolute atomic E-state index is 15.3. The minimum absolute atomic E-state index is 0.00801.